The molecule has 1 aromatic heterocycles. The molecule has 4 rings (SSSR count). The van der Waals surface area contributed by atoms with Gasteiger partial charge in [-0.3, -0.25) is 4.57 Å². The molecule has 1 saturated heterocycles. The summed E-state index contributed by atoms with van der Waals surface area (Å²) in [6.45, 7) is 11.7. The van der Waals surface area contributed by atoms with E-state index in [9.17, 15) is 4.79 Å². The summed E-state index contributed by atoms with van der Waals surface area (Å²) in [7, 11) is 0. The molecule has 0 bridgehead atoms. The quantitative estimate of drug-likeness (QED) is 0.630. The molecule has 0 atom stereocenters. The lowest BCUT2D eigenvalue weighted by Gasteiger charge is -2.37. The molecule has 0 saturated carbocycles. The predicted octanol–water partition coefficient (Wildman–Crippen LogP) is 4.67. The number of para-hydroxylation sites is 1. The van der Waals surface area contributed by atoms with Gasteiger partial charge in [0, 0.05) is 42.9 Å². The van der Waals surface area contributed by atoms with E-state index < -0.39 is 0 Å². The van der Waals surface area contributed by atoms with Gasteiger partial charge < -0.3 is 9.80 Å². The minimum absolute atomic E-state index is 0.0948. The van der Waals surface area contributed by atoms with E-state index in [1.165, 1.54) is 22.4 Å². The molecule has 0 unspecified atom stereocenters. The number of amides is 1. The SMILES string of the molecule is Cc1cccc(N2CCN(C(=O)n3c(C)c(C)c4ccccc43)CC2)c1C. The number of hydrogen-bond donors (Lipinski definition) is 0. The van der Waals surface area contributed by atoms with Crippen LogP contribution in [-0.4, -0.2) is 41.7 Å². The van der Waals surface area contributed by atoms with Gasteiger partial charge in [-0.15, -0.1) is 0 Å². The minimum atomic E-state index is 0.0948. The van der Waals surface area contributed by atoms with Crippen LogP contribution in [0.25, 0.3) is 10.9 Å². The summed E-state index contributed by atoms with van der Waals surface area (Å²) in [6.07, 6.45) is 0. The van der Waals surface area contributed by atoms with E-state index in [4.69, 9.17) is 0 Å². The Bertz CT molecular complexity index is 1010. The topological polar surface area (TPSA) is 28.5 Å². The summed E-state index contributed by atoms with van der Waals surface area (Å²) in [5, 5.41) is 1.16. The molecule has 1 aliphatic rings. The lowest BCUT2D eigenvalue weighted by atomic mass is 10.1. The van der Waals surface area contributed by atoms with E-state index >= 15 is 0 Å². The zero-order valence-corrected chi connectivity index (χ0v) is 16.6. The van der Waals surface area contributed by atoms with Crippen molar-refractivity contribution in [1.29, 1.82) is 0 Å². The summed E-state index contributed by atoms with van der Waals surface area (Å²) in [5.74, 6) is 0. The van der Waals surface area contributed by atoms with Crippen molar-refractivity contribution in [1.82, 2.24) is 9.47 Å². The first-order valence-electron chi connectivity index (χ1n) is 9.66. The molecule has 0 N–H and O–H groups in total. The van der Waals surface area contributed by atoms with E-state index in [0.29, 0.717) is 0 Å². The third-order valence-corrected chi connectivity index (χ3v) is 6.09. The summed E-state index contributed by atoms with van der Waals surface area (Å²) in [4.78, 5) is 17.7. The number of piperazine rings is 1. The number of hydrogen-bond acceptors (Lipinski definition) is 2. The van der Waals surface area contributed by atoms with Crippen LogP contribution in [-0.2, 0) is 0 Å². The Morgan fingerprint density at radius 3 is 2.26 bits per heavy atom. The second-order valence-electron chi connectivity index (χ2n) is 7.54. The fourth-order valence-electron chi connectivity index (χ4n) is 4.13. The maximum atomic E-state index is 13.3. The van der Waals surface area contributed by atoms with Gasteiger partial charge in [0.1, 0.15) is 0 Å². The molecule has 0 spiro atoms. The Labute approximate surface area is 161 Å². The van der Waals surface area contributed by atoms with Crippen LogP contribution in [0.1, 0.15) is 22.4 Å². The Balaban J connectivity index is 1.56. The zero-order valence-electron chi connectivity index (χ0n) is 16.6. The van der Waals surface area contributed by atoms with Crippen LogP contribution in [0.2, 0.25) is 0 Å². The second-order valence-corrected chi connectivity index (χ2v) is 7.54. The summed E-state index contributed by atoms with van der Waals surface area (Å²) >= 11 is 0. The van der Waals surface area contributed by atoms with E-state index in [1.54, 1.807) is 0 Å². The van der Waals surface area contributed by atoms with Gasteiger partial charge in [0.15, 0.2) is 0 Å². The Morgan fingerprint density at radius 2 is 1.52 bits per heavy atom. The number of fused-ring (bicyclic) bond motifs is 1. The number of carbonyl (C=O) groups excluding carboxylic acids is 1. The number of nitrogens with zero attached hydrogens (tertiary/aromatic N) is 3. The van der Waals surface area contributed by atoms with E-state index in [1.807, 2.05) is 34.6 Å². The van der Waals surface area contributed by atoms with Gasteiger partial charge in [-0.1, -0.05) is 30.3 Å². The summed E-state index contributed by atoms with van der Waals surface area (Å²) in [6, 6.07) is 14.7. The highest BCUT2D eigenvalue weighted by Gasteiger charge is 2.25. The van der Waals surface area contributed by atoms with Gasteiger partial charge in [-0.2, -0.15) is 0 Å². The highest BCUT2D eigenvalue weighted by molar-refractivity contribution is 5.95. The van der Waals surface area contributed by atoms with Crippen molar-refractivity contribution in [2.45, 2.75) is 27.7 Å². The first-order valence-corrected chi connectivity index (χ1v) is 9.66. The highest BCUT2D eigenvalue weighted by Crippen LogP contribution is 2.27. The highest BCUT2D eigenvalue weighted by atomic mass is 16.2. The molecule has 3 aromatic rings. The van der Waals surface area contributed by atoms with Crippen molar-refractivity contribution in [2.75, 3.05) is 31.1 Å². The molecule has 0 radical (unpaired) electrons. The van der Waals surface area contributed by atoms with Crippen molar-refractivity contribution >= 4 is 22.6 Å². The van der Waals surface area contributed by atoms with Crippen LogP contribution in [0.3, 0.4) is 0 Å². The van der Waals surface area contributed by atoms with Crippen LogP contribution in [0, 0.1) is 27.7 Å². The molecule has 2 aromatic carbocycles. The minimum Gasteiger partial charge on any atom is -0.368 e. The number of carbonyl (C=O) groups is 1. The Hall–Kier alpha value is -2.75. The molecule has 4 heteroatoms. The number of aromatic nitrogens is 1. The molecular formula is C23H27N3O. The van der Waals surface area contributed by atoms with Gasteiger partial charge in [-0.05, 0) is 56.5 Å². The standard InChI is InChI=1S/C23H27N3O/c1-16-8-7-11-21(17(16)2)24-12-14-25(15-13-24)23(27)26-19(4)18(3)20-9-5-6-10-22(20)26/h5-11H,12-15H2,1-4H3. The summed E-state index contributed by atoms with van der Waals surface area (Å²) in [5.41, 5.74) is 7.18. The average molecular weight is 361 g/mol. The van der Waals surface area contributed by atoms with Crippen molar-refractivity contribution in [3.8, 4) is 0 Å². The molecule has 4 nitrogen and oxygen atoms in total. The van der Waals surface area contributed by atoms with E-state index in [2.05, 4.69) is 49.9 Å². The molecule has 1 amide bonds. The number of anilines is 1. The van der Waals surface area contributed by atoms with Crippen molar-refractivity contribution in [3.05, 3.63) is 64.8 Å². The van der Waals surface area contributed by atoms with Crippen molar-refractivity contribution < 1.29 is 4.79 Å². The third-order valence-electron chi connectivity index (χ3n) is 6.09. The van der Waals surface area contributed by atoms with Crippen LogP contribution in [0.5, 0.6) is 0 Å². The molecule has 27 heavy (non-hydrogen) atoms. The lowest BCUT2D eigenvalue weighted by molar-refractivity contribution is 0.196. The number of rotatable bonds is 1. The first kappa shape index (κ1) is 17.7. The molecule has 1 fully saturated rings. The van der Waals surface area contributed by atoms with Gasteiger partial charge in [-0.25, -0.2) is 4.79 Å². The fourth-order valence-corrected chi connectivity index (χ4v) is 4.13. The monoisotopic (exact) mass is 361 g/mol. The smallest absolute Gasteiger partial charge is 0.328 e. The van der Waals surface area contributed by atoms with Gasteiger partial charge in [0.25, 0.3) is 0 Å². The van der Waals surface area contributed by atoms with Crippen molar-refractivity contribution in [3.63, 3.8) is 0 Å². The normalized spacial score (nSPS) is 14.8. The molecule has 1 aliphatic heterocycles. The van der Waals surface area contributed by atoms with E-state index in [-0.39, 0.29) is 6.03 Å². The second kappa shape index (κ2) is 6.76. The average Bonchev–Trinajstić information content (AvgIpc) is 2.94. The Kier molecular flexibility index (Phi) is 4.42. The van der Waals surface area contributed by atoms with Gasteiger partial charge in [0.05, 0.1) is 5.52 Å². The third kappa shape index (κ3) is 2.89. The molecule has 0 aliphatic carbocycles. The first-order chi connectivity index (χ1) is 13.0. The van der Waals surface area contributed by atoms with Crippen LogP contribution < -0.4 is 4.90 Å². The lowest BCUT2D eigenvalue weighted by Crippen LogP contribution is -2.50. The summed E-state index contributed by atoms with van der Waals surface area (Å²) < 4.78 is 1.89. The maximum absolute atomic E-state index is 13.3. The van der Waals surface area contributed by atoms with Gasteiger partial charge >= 0.3 is 6.03 Å². The fraction of sp³-hybridized carbons (Fsp3) is 0.348. The van der Waals surface area contributed by atoms with Crippen LogP contribution >= 0.6 is 0 Å². The maximum Gasteiger partial charge on any atom is 0.328 e. The molecular weight excluding hydrogens is 334 g/mol. The Morgan fingerprint density at radius 1 is 0.815 bits per heavy atom. The zero-order chi connectivity index (χ0) is 19.1. The van der Waals surface area contributed by atoms with Crippen LogP contribution in [0.4, 0.5) is 10.5 Å². The van der Waals surface area contributed by atoms with Crippen molar-refractivity contribution in [2.24, 2.45) is 0 Å². The molecule has 2 heterocycles. The number of benzene rings is 2. The largest absolute Gasteiger partial charge is 0.368 e. The predicted molar refractivity (Wildman–Crippen MR) is 112 cm³/mol. The molecule has 140 valence electrons. The number of aryl methyl sites for hydroxylation is 2. The van der Waals surface area contributed by atoms with E-state index in [0.717, 1.165) is 42.8 Å². The van der Waals surface area contributed by atoms with Crippen LogP contribution in [0.15, 0.2) is 42.5 Å². The van der Waals surface area contributed by atoms with Gasteiger partial charge in [0.2, 0.25) is 0 Å².